The highest BCUT2D eigenvalue weighted by atomic mass is 19.1. The van der Waals surface area contributed by atoms with Gasteiger partial charge in [-0.2, -0.15) is 5.26 Å². The Morgan fingerprint density at radius 1 is 1.29 bits per heavy atom. The molecule has 0 bridgehead atoms. The number of benzene rings is 1. The SMILES string of the molecule is CN1CCN(c2ccc(N)c(N3CCCC(F)C3)c2)CC1.N#Cc1cnc(C(=O)O)[nH]1. The lowest BCUT2D eigenvalue weighted by Gasteiger charge is -2.36. The van der Waals surface area contributed by atoms with Crippen LogP contribution in [0.25, 0.3) is 0 Å². The smallest absolute Gasteiger partial charge is 0.371 e. The maximum Gasteiger partial charge on any atom is 0.371 e. The summed E-state index contributed by atoms with van der Waals surface area (Å²) in [5, 5.41) is 16.5. The molecule has 0 spiro atoms. The van der Waals surface area contributed by atoms with E-state index in [0.717, 1.165) is 50.5 Å². The van der Waals surface area contributed by atoms with Crippen LogP contribution < -0.4 is 15.5 Å². The second-order valence-corrected chi connectivity index (χ2v) is 7.78. The van der Waals surface area contributed by atoms with E-state index in [4.69, 9.17) is 16.1 Å². The topological polar surface area (TPSA) is 126 Å². The van der Waals surface area contributed by atoms with Crippen molar-refractivity contribution >= 4 is 23.0 Å². The molecule has 0 amide bonds. The van der Waals surface area contributed by atoms with Gasteiger partial charge in [-0.05, 0) is 38.1 Å². The monoisotopic (exact) mass is 429 g/mol. The van der Waals surface area contributed by atoms with E-state index in [9.17, 15) is 9.18 Å². The van der Waals surface area contributed by atoms with Gasteiger partial charge in [0.05, 0.1) is 17.6 Å². The number of nitriles is 1. The van der Waals surface area contributed by atoms with Gasteiger partial charge < -0.3 is 30.5 Å². The number of nitrogens with zero attached hydrogens (tertiary/aromatic N) is 5. The van der Waals surface area contributed by atoms with Crippen molar-refractivity contribution in [2.75, 3.05) is 61.8 Å². The lowest BCUT2D eigenvalue weighted by molar-refractivity contribution is 0.0684. The first-order chi connectivity index (χ1) is 14.9. The highest BCUT2D eigenvalue weighted by Crippen LogP contribution is 2.31. The zero-order valence-electron chi connectivity index (χ0n) is 17.6. The summed E-state index contributed by atoms with van der Waals surface area (Å²) in [6, 6.07) is 7.91. The van der Waals surface area contributed by atoms with Crippen LogP contribution in [0.2, 0.25) is 0 Å². The van der Waals surface area contributed by atoms with Crippen molar-refractivity contribution in [1.82, 2.24) is 14.9 Å². The molecule has 2 aliphatic heterocycles. The van der Waals surface area contributed by atoms with E-state index in [1.54, 1.807) is 6.07 Å². The number of imidazole rings is 1. The summed E-state index contributed by atoms with van der Waals surface area (Å²) < 4.78 is 13.7. The van der Waals surface area contributed by atoms with Crippen LogP contribution in [0, 0.1) is 11.3 Å². The molecule has 3 heterocycles. The fraction of sp³-hybridized carbons (Fsp3) is 0.476. The first kappa shape index (κ1) is 22.4. The number of rotatable bonds is 3. The molecule has 166 valence electrons. The number of piperazine rings is 1. The van der Waals surface area contributed by atoms with Gasteiger partial charge in [0.1, 0.15) is 17.9 Å². The van der Waals surface area contributed by atoms with Crippen molar-refractivity contribution in [3.63, 3.8) is 0 Å². The average Bonchev–Trinajstić information content (AvgIpc) is 3.25. The number of H-pyrrole nitrogens is 1. The molecule has 4 N–H and O–H groups in total. The van der Waals surface area contributed by atoms with Gasteiger partial charge in [0.25, 0.3) is 0 Å². The number of anilines is 3. The molecule has 2 aliphatic rings. The Morgan fingerprint density at radius 2 is 2.03 bits per heavy atom. The molecule has 1 atom stereocenters. The third-order valence-corrected chi connectivity index (χ3v) is 5.49. The molecule has 4 rings (SSSR count). The molecule has 1 aromatic carbocycles. The number of alkyl halides is 1. The molecule has 2 aromatic rings. The quantitative estimate of drug-likeness (QED) is 0.632. The van der Waals surface area contributed by atoms with Crippen molar-refractivity contribution in [1.29, 1.82) is 5.26 Å². The molecule has 2 saturated heterocycles. The first-order valence-electron chi connectivity index (χ1n) is 10.3. The Morgan fingerprint density at radius 3 is 2.61 bits per heavy atom. The molecule has 31 heavy (non-hydrogen) atoms. The fourth-order valence-electron chi connectivity index (χ4n) is 3.70. The van der Waals surface area contributed by atoms with Crippen molar-refractivity contribution in [2.24, 2.45) is 0 Å². The molecule has 0 radical (unpaired) electrons. The van der Waals surface area contributed by atoms with E-state index in [1.165, 1.54) is 11.9 Å². The number of hydrogen-bond acceptors (Lipinski definition) is 7. The lowest BCUT2D eigenvalue weighted by Crippen LogP contribution is -2.44. The number of aromatic amines is 1. The van der Waals surface area contributed by atoms with E-state index >= 15 is 0 Å². The van der Waals surface area contributed by atoms with Gasteiger partial charge in [-0.3, -0.25) is 0 Å². The molecule has 10 heteroatoms. The Bertz CT molecular complexity index is 934. The number of aromatic carboxylic acids is 1. The summed E-state index contributed by atoms with van der Waals surface area (Å²) in [5.74, 6) is -1.38. The number of aromatic nitrogens is 2. The Labute approximate surface area is 180 Å². The van der Waals surface area contributed by atoms with Crippen LogP contribution in [0.15, 0.2) is 24.4 Å². The fourth-order valence-corrected chi connectivity index (χ4v) is 3.70. The lowest BCUT2D eigenvalue weighted by atomic mass is 10.1. The molecule has 0 aliphatic carbocycles. The minimum absolute atomic E-state index is 0.150. The van der Waals surface area contributed by atoms with Crippen molar-refractivity contribution in [3.8, 4) is 6.07 Å². The van der Waals surface area contributed by atoms with Crippen LogP contribution in [-0.4, -0.2) is 78.4 Å². The minimum atomic E-state index is -1.17. The number of likely N-dealkylation sites (N-methyl/N-ethyl adjacent to an activating group) is 1. The summed E-state index contributed by atoms with van der Waals surface area (Å²) in [6.07, 6.45) is 2.02. The Hall–Kier alpha value is -3.32. The van der Waals surface area contributed by atoms with Crippen LogP contribution in [-0.2, 0) is 0 Å². The second-order valence-electron chi connectivity index (χ2n) is 7.78. The van der Waals surface area contributed by atoms with E-state index in [2.05, 4.69) is 43.8 Å². The second kappa shape index (κ2) is 10.1. The molecule has 1 aromatic heterocycles. The van der Waals surface area contributed by atoms with Gasteiger partial charge in [-0.1, -0.05) is 0 Å². The average molecular weight is 430 g/mol. The van der Waals surface area contributed by atoms with E-state index in [-0.39, 0.29) is 11.5 Å². The first-order valence-corrected chi connectivity index (χ1v) is 10.3. The third kappa shape index (κ3) is 5.86. The summed E-state index contributed by atoms with van der Waals surface area (Å²) in [7, 11) is 2.15. The van der Waals surface area contributed by atoms with E-state index in [1.807, 2.05) is 6.07 Å². The number of piperidine rings is 1. The van der Waals surface area contributed by atoms with Crippen molar-refractivity contribution in [2.45, 2.75) is 19.0 Å². The van der Waals surface area contributed by atoms with Crippen molar-refractivity contribution < 1.29 is 14.3 Å². The van der Waals surface area contributed by atoms with Gasteiger partial charge >= 0.3 is 5.97 Å². The standard InChI is InChI=1S/C16H25FN4.C5H3N3O2/c1-19-7-9-20(10-8-19)14-4-5-15(18)16(11-14)21-6-2-3-13(17)12-21;6-1-3-2-7-4(8-3)5(9)10/h4-5,11,13H,2-3,6-10,12,18H2,1H3;2H,(H,7,8)(H,9,10). The zero-order valence-corrected chi connectivity index (χ0v) is 17.6. The number of nitrogens with two attached hydrogens (primary N) is 1. The molecular weight excluding hydrogens is 401 g/mol. The van der Waals surface area contributed by atoms with Gasteiger partial charge in [0.15, 0.2) is 0 Å². The number of hydrogen-bond donors (Lipinski definition) is 3. The number of halogens is 1. The molecular formula is C21H28FN7O2. The number of carbonyl (C=O) groups is 1. The Balaban J connectivity index is 0.000000229. The predicted molar refractivity (Wildman–Crippen MR) is 117 cm³/mol. The van der Waals surface area contributed by atoms with E-state index in [0.29, 0.717) is 13.0 Å². The number of carboxylic acid groups (broad SMARTS) is 1. The summed E-state index contributed by atoms with van der Waals surface area (Å²) in [4.78, 5) is 22.7. The summed E-state index contributed by atoms with van der Waals surface area (Å²) >= 11 is 0. The van der Waals surface area contributed by atoms with Gasteiger partial charge in [-0.15, -0.1) is 0 Å². The molecule has 1 unspecified atom stereocenters. The van der Waals surface area contributed by atoms with Crippen molar-refractivity contribution in [3.05, 3.63) is 35.9 Å². The number of carboxylic acids is 1. The van der Waals surface area contributed by atoms with Crippen LogP contribution in [0.3, 0.4) is 0 Å². The highest BCUT2D eigenvalue weighted by Gasteiger charge is 2.22. The molecule has 0 saturated carbocycles. The minimum Gasteiger partial charge on any atom is -0.475 e. The van der Waals surface area contributed by atoms with Crippen LogP contribution in [0.1, 0.15) is 29.2 Å². The van der Waals surface area contributed by atoms with Crippen LogP contribution >= 0.6 is 0 Å². The summed E-state index contributed by atoms with van der Waals surface area (Å²) in [6.45, 7) is 5.59. The summed E-state index contributed by atoms with van der Waals surface area (Å²) in [5.41, 5.74) is 9.23. The number of nitrogens with one attached hydrogen (secondary N) is 1. The largest absolute Gasteiger partial charge is 0.475 e. The molecule has 9 nitrogen and oxygen atoms in total. The Kier molecular flexibility index (Phi) is 7.31. The normalized spacial score (nSPS) is 19.3. The van der Waals surface area contributed by atoms with Crippen LogP contribution in [0.5, 0.6) is 0 Å². The number of nitrogen functional groups attached to an aromatic ring is 1. The van der Waals surface area contributed by atoms with Gasteiger partial charge in [-0.25, -0.2) is 14.2 Å². The maximum absolute atomic E-state index is 13.7. The van der Waals surface area contributed by atoms with Gasteiger partial charge in [0, 0.05) is 45.0 Å². The van der Waals surface area contributed by atoms with Gasteiger partial charge in [0.2, 0.25) is 5.82 Å². The van der Waals surface area contributed by atoms with Crippen LogP contribution in [0.4, 0.5) is 21.5 Å². The molecule has 2 fully saturated rings. The predicted octanol–water partition coefficient (Wildman–Crippen LogP) is 1.94. The maximum atomic E-state index is 13.7. The zero-order chi connectivity index (χ0) is 22.4. The third-order valence-electron chi connectivity index (χ3n) is 5.49. The highest BCUT2D eigenvalue weighted by molar-refractivity contribution is 5.83. The van der Waals surface area contributed by atoms with E-state index < -0.39 is 12.1 Å².